The molecule has 3 nitrogen and oxygen atoms in total. The van der Waals surface area contributed by atoms with E-state index in [2.05, 4.69) is 47.0 Å². The molecule has 0 aliphatic heterocycles. The minimum atomic E-state index is 0.0808. The highest BCUT2D eigenvalue weighted by Gasteiger charge is 2.13. The minimum absolute atomic E-state index is 0.0808. The van der Waals surface area contributed by atoms with E-state index in [0.717, 1.165) is 16.6 Å². The molecule has 0 atom stereocenters. The van der Waals surface area contributed by atoms with Crippen LogP contribution in [0.2, 0.25) is 0 Å². The number of ether oxygens (including phenoxy) is 1. The molecule has 0 saturated heterocycles. The van der Waals surface area contributed by atoms with Crippen LogP contribution in [0.15, 0.2) is 16.7 Å². The summed E-state index contributed by atoms with van der Waals surface area (Å²) in [5.41, 5.74) is 1.15. The molecule has 1 aromatic heterocycles. The maximum Gasteiger partial charge on any atom is 0.218 e. The number of halogens is 1. The Kier molecular flexibility index (Phi) is 4.95. The maximum absolute atomic E-state index is 5.69. The van der Waals surface area contributed by atoms with Gasteiger partial charge in [0.1, 0.15) is 0 Å². The fraction of sp³-hybridized carbons (Fsp3) is 0.615. The van der Waals surface area contributed by atoms with Gasteiger partial charge >= 0.3 is 0 Å². The third-order valence-electron chi connectivity index (χ3n) is 2.05. The van der Waals surface area contributed by atoms with Crippen molar-refractivity contribution < 1.29 is 4.74 Å². The highest BCUT2D eigenvalue weighted by molar-refractivity contribution is 9.10. The normalized spacial score (nSPS) is 11.9. The third kappa shape index (κ3) is 5.50. The Morgan fingerprint density at radius 2 is 2.06 bits per heavy atom. The molecule has 0 radical (unpaired) electrons. The van der Waals surface area contributed by atoms with Crippen molar-refractivity contribution in [2.45, 2.75) is 52.8 Å². The lowest BCUT2D eigenvalue weighted by Crippen LogP contribution is -2.35. The molecule has 0 aliphatic carbocycles. The lowest BCUT2D eigenvalue weighted by Gasteiger charge is -2.22. The first-order chi connectivity index (χ1) is 7.78. The summed E-state index contributed by atoms with van der Waals surface area (Å²) < 4.78 is 6.67. The Labute approximate surface area is 112 Å². The van der Waals surface area contributed by atoms with Crippen LogP contribution in [0.1, 0.15) is 40.2 Å². The molecule has 4 heteroatoms. The van der Waals surface area contributed by atoms with E-state index >= 15 is 0 Å². The molecule has 0 fully saturated rings. The molecule has 0 spiro atoms. The monoisotopic (exact) mass is 300 g/mol. The van der Waals surface area contributed by atoms with Crippen LogP contribution in [-0.2, 0) is 6.54 Å². The second-order valence-corrected chi connectivity index (χ2v) is 6.30. The molecule has 0 unspecified atom stereocenters. The van der Waals surface area contributed by atoms with Gasteiger partial charge in [0.05, 0.1) is 6.10 Å². The van der Waals surface area contributed by atoms with E-state index in [1.807, 2.05) is 19.9 Å². The van der Waals surface area contributed by atoms with Crippen LogP contribution in [0.3, 0.4) is 0 Å². The molecular formula is C13H21BrN2O. The molecule has 0 saturated carbocycles. The fourth-order valence-electron chi connectivity index (χ4n) is 1.29. The number of rotatable bonds is 4. The number of aromatic nitrogens is 1. The standard InChI is InChI=1S/C13H21BrN2O/c1-9(2)17-12-10(6-11(14)8-15-12)7-16-13(3,4)5/h6,8-9,16H,7H2,1-5H3. The Hall–Kier alpha value is -0.610. The van der Waals surface area contributed by atoms with Crippen molar-refractivity contribution >= 4 is 15.9 Å². The summed E-state index contributed by atoms with van der Waals surface area (Å²) in [6.45, 7) is 11.2. The predicted octanol–water partition coefficient (Wildman–Crippen LogP) is 3.52. The molecule has 1 heterocycles. The Bertz CT molecular complexity index is 372. The molecule has 1 N–H and O–H groups in total. The van der Waals surface area contributed by atoms with Crippen molar-refractivity contribution in [3.05, 3.63) is 22.3 Å². The van der Waals surface area contributed by atoms with Crippen molar-refractivity contribution in [3.63, 3.8) is 0 Å². The molecular weight excluding hydrogens is 280 g/mol. The molecule has 96 valence electrons. The summed E-state index contributed by atoms with van der Waals surface area (Å²) in [4.78, 5) is 4.31. The van der Waals surface area contributed by atoms with Gasteiger partial charge in [0, 0.05) is 28.3 Å². The number of nitrogens with zero attached hydrogens (tertiary/aromatic N) is 1. The Morgan fingerprint density at radius 3 is 2.59 bits per heavy atom. The van der Waals surface area contributed by atoms with Gasteiger partial charge in [-0.3, -0.25) is 0 Å². The van der Waals surface area contributed by atoms with Gasteiger partial charge in [-0.2, -0.15) is 0 Å². The van der Waals surface area contributed by atoms with Gasteiger partial charge in [-0.05, 0) is 56.6 Å². The van der Waals surface area contributed by atoms with Gasteiger partial charge in [0.15, 0.2) is 0 Å². The lowest BCUT2D eigenvalue weighted by molar-refractivity contribution is 0.228. The Balaban J connectivity index is 2.83. The van der Waals surface area contributed by atoms with E-state index in [1.165, 1.54) is 0 Å². The Morgan fingerprint density at radius 1 is 1.41 bits per heavy atom. The first-order valence-corrected chi connectivity index (χ1v) is 6.63. The van der Waals surface area contributed by atoms with Gasteiger partial charge in [-0.1, -0.05) is 0 Å². The first kappa shape index (κ1) is 14.5. The van der Waals surface area contributed by atoms with Crippen molar-refractivity contribution in [3.8, 4) is 5.88 Å². The lowest BCUT2D eigenvalue weighted by atomic mass is 10.1. The summed E-state index contributed by atoms with van der Waals surface area (Å²) in [5, 5.41) is 3.44. The van der Waals surface area contributed by atoms with E-state index in [-0.39, 0.29) is 11.6 Å². The van der Waals surface area contributed by atoms with Crippen molar-refractivity contribution in [2.75, 3.05) is 0 Å². The van der Waals surface area contributed by atoms with Gasteiger partial charge in [0.2, 0.25) is 5.88 Å². The molecule has 0 aliphatic rings. The van der Waals surface area contributed by atoms with Crippen LogP contribution >= 0.6 is 15.9 Å². The number of hydrogen-bond acceptors (Lipinski definition) is 3. The van der Waals surface area contributed by atoms with Crippen LogP contribution < -0.4 is 10.1 Å². The van der Waals surface area contributed by atoms with Crippen LogP contribution in [-0.4, -0.2) is 16.6 Å². The number of pyridine rings is 1. The largest absolute Gasteiger partial charge is 0.475 e. The average molecular weight is 301 g/mol. The molecule has 0 bridgehead atoms. The van der Waals surface area contributed by atoms with Gasteiger partial charge in [-0.15, -0.1) is 0 Å². The van der Waals surface area contributed by atoms with E-state index < -0.39 is 0 Å². The summed E-state index contributed by atoms with van der Waals surface area (Å²) in [5.74, 6) is 0.708. The molecule has 0 aromatic carbocycles. The quantitative estimate of drug-likeness (QED) is 0.924. The SMILES string of the molecule is CC(C)Oc1ncc(Br)cc1CNC(C)(C)C. The van der Waals surface area contributed by atoms with Crippen LogP contribution in [0, 0.1) is 0 Å². The predicted molar refractivity (Wildman–Crippen MR) is 74.3 cm³/mol. The van der Waals surface area contributed by atoms with E-state index in [1.54, 1.807) is 6.20 Å². The second-order valence-electron chi connectivity index (χ2n) is 5.39. The smallest absolute Gasteiger partial charge is 0.218 e. The topological polar surface area (TPSA) is 34.1 Å². The molecule has 1 aromatic rings. The second kappa shape index (κ2) is 5.83. The fourth-order valence-corrected chi connectivity index (χ4v) is 1.66. The summed E-state index contributed by atoms with van der Waals surface area (Å²) in [6, 6.07) is 2.05. The first-order valence-electron chi connectivity index (χ1n) is 5.84. The number of nitrogens with one attached hydrogen (secondary N) is 1. The zero-order valence-electron chi connectivity index (χ0n) is 11.2. The number of hydrogen-bond donors (Lipinski definition) is 1. The highest BCUT2D eigenvalue weighted by atomic mass is 79.9. The van der Waals surface area contributed by atoms with Gasteiger partial charge in [-0.25, -0.2) is 4.98 Å². The highest BCUT2D eigenvalue weighted by Crippen LogP contribution is 2.21. The summed E-state index contributed by atoms with van der Waals surface area (Å²) in [7, 11) is 0. The zero-order valence-corrected chi connectivity index (χ0v) is 12.8. The van der Waals surface area contributed by atoms with Gasteiger partial charge in [0.25, 0.3) is 0 Å². The van der Waals surface area contributed by atoms with Crippen molar-refractivity contribution in [2.24, 2.45) is 0 Å². The van der Waals surface area contributed by atoms with E-state index in [4.69, 9.17) is 4.74 Å². The molecule has 1 rings (SSSR count). The molecule has 17 heavy (non-hydrogen) atoms. The van der Waals surface area contributed by atoms with Crippen LogP contribution in [0.5, 0.6) is 5.88 Å². The summed E-state index contributed by atoms with van der Waals surface area (Å²) >= 11 is 3.44. The third-order valence-corrected chi connectivity index (χ3v) is 2.48. The van der Waals surface area contributed by atoms with Crippen LogP contribution in [0.25, 0.3) is 0 Å². The minimum Gasteiger partial charge on any atom is -0.475 e. The van der Waals surface area contributed by atoms with Crippen LogP contribution in [0.4, 0.5) is 0 Å². The molecule has 0 amide bonds. The van der Waals surface area contributed by atoms with Gasteiger partial charge < -0.3 is 10.1 Å². The van der Waals surface area contributed by atoms with Crippen molar-refractivity contribution in [1.82, 2.24) is 10.3 Å². The maximum atomic E-state index is 5.69. The van der Waals surface area contributed by atoms with Crippen molar-refractivity contribution in [1.29, 1.82) is 0 Å². The van der Waals surface area contributed by atoms with E-state index in [9.17, 15) is 0 Å². The average Bonchev–Trinajstić information content (AvgIpc) is 2.16. The van der Waals surface area contributed by atoms with E-state index in [0.29, 0.717) is 5.88 Å². The summed E-state index contributed by atoms with van der Waals surface area (Å²) in [6.07, 6.45) is 1.90. The zero-order chi connectivity index (χ0) is 13.1.